The lowest BCUT2D eigenvalue weighted by Crippen LogP contribution is -2.26. The average molecular weight is 417 g/mol. The minimum absolute atomic E-state index is 0.0831. The second kappa shape index (κ2) is 9.30. The third kappa shape index (κ3) is 5.01. The van der Waals surface area contributed by atoms with Crippen molar-refractivity contribution >= 4 is 23.4 Å². The van der Waals surface area contributed by atoms with Crippen molar-refractivity contribution in [3.8, 4) is 0 Å². The maximum atomic E-state index is 12.6. The van der Waals surface area contributed by atoms with Crippen molar-refractivity contribution in [3.05, 3.63) is 89.4 Å². The Bertz CT molecular complexity index is 1090. The molecule has 0 radical (unpaired) electrons. The number of rotatable bonds is 7. The van der Waals surface area contributed by atoms with Crippen LogP contribution in [-0.4, -0.2) is 24.3 Å². The van der Waals surface area contributed by atoms with Gasteiger partial charge in [0, 0.05) is 36.3 Å². The van der Waals surface area contributed by atoms with E-state index in [-0.39, 0.29) is 24.3 Å². The highest BCUT2D eigenvalue weighted by Gasteiger charge is 2.22. The molecule has 3 amide bonds. The molecule has 1 fully saturated rings. The van der Waals surface area contributed by atoms with Crippen molar-refractivity contribution in [2.24, 2.45) is 0 Å². The summed E-state index contributed by atoms with van der Waals surface area (Å²) in [7, 11) is 0. The Kier molecular flexibility index (Phi) is 6.12. The van der Waals surface area contributed by atoms with Gasteiger partial charge in [-0.3, -0.25) is 14.4 Å². The zero-order valence-corrected chi connectivity index (χ0v) is 17.0. The van der Waals surface area contributed by atoms with Crippen LogP contribution < -0.4 is 15.5 Å². The molecule has 7 heteroatoms. The van der Waals surface area contributed by atoms with Crippen molar-refractivity contribution in [3.63, 3.8) is 0 Å². The van der Waals surface area contributed by atoms with E-state index in [1.807, 2.05) is 12.1 Å². The highest BCUT2D eigenvalue weighted by molar-refractivity contribution is 5.99. The van der Waals surface area contributed by atoms with Crippen LogP contribution in [0, 0.1) is 0 Å². The summed E-state index contributed by atoms with van der Waals surface area (Å²) in [6.07, 6.45) is 2.94. The van der Waals surface area contributed by atoms with Crippen molar-refractivity contribution in [1.29, 1.82) is 0 Å². The molecule has 0 aliphatic carbocycles. The molecule has 3 aromatic rings. The van der Waals surface area contributed by atoms with Gasteiger partial charge in [0.05, 0.1) is 12.8 Å². The summed E-state index contributed by atoms with van der Waals surface area (Å²) in [5.41, 5.74) is 2.55. The average Bonchev–Trinajstić information content (AvgIpc) is 3.48. The van der Waals surface area contributed by atoms with E-state index >= 15 is 0 Å². The van der Waals surface area contributed by atoms with Gasteiger partial charge in [0.15, 0.2) is 0 Å². The van der Waals surface area contributed by atoms with Crippen molar-refractivity contribution in [2.45, 2.75) is 25.9 Å². The third-order valence-electron chi connectivity index (χ3n) is 5.14. The molecule has 7 nitrogen and oxygen atoms in total. The first-order valence-corrected chi connectivity index (χ1v) is 10.2. The molecule has 158 valence electrons. The first-order valence-electron chi connectivity index (χ1n) is 10.2. The molecule has 4 rings (SSSR count). The van der Waals surface area contributed by atoms with E-state index in [9.17, 15) is 14.4 Å². The monoisotopic (exact) mass is 417 g/mol. The van der Waals surface area contributed by atoms with Crippen LogP contribution in [0.2, 0.25) is 0 Å². The smallest absolute Gasteiger partial charge is 0.251 e. The normalized spacial score (nSPS) is 13.3. The molecular weight excluding hydrogens is 394 g/mol. The zero-order chi connectivity index (χ0) is 21.6. The van der Waals surface area contributed by atoms with Crippen LogP contribution in [0.5, 0.6) is 0 Å². The number of carbonyl (C=O) groups is 3. The van der Waals surface area contributed by atoms with Gasteiger partial charge < -0.3 is 20.0 Å². The maximum absolute atomic E-state index is 12.6. The second-order valence-electron chi connectivity index (χ2n) is 7.34. The molecule has 0 atom stereocenters. The van der Waals surface area contributed by atoms with Crippen molar-refractivity contribution in [2.75, 3.05) is 11.4 Å². The number of nitrogens with one attached hydrogen (secondary N) is 2. The predicted molar refractivity (Wildman–Crippen MR) is 116 cm³/mol. The Morgan fingerprint density at radius 3 is 2.35 bits per heavy atom. The van der Waals surface area contributed by atoms with Gasteiger partial charge >= 0.3 is 0 Å². The lowest BCUT2D eigenvalue weighted by atomic mass is 10.1. The van der Waals surface area contributed by atoms with Gasteiger partial charge in [-0.05, 0) is 54.4 Å². The Morgan fingerprint density at radius 2 is 1.65 bits per heavy atom. The van der Waals surface area contributed by atoms with E-state index in [2.05, 4.69) is 10.6 Å². The van der Waals surface area contributed by atoms with E-state index in [0.717, 1.165) is 17.7 Å². The van der Waals surface area contributed by atoms with Crippen molar-refractivity contribution < 1.29 is 18.8 Å². The SMILES string of the molecule is O=C(NCc1cccc(C(=O)NCc2ccco2)c1)c1cccc(N2CCCC2=O)c1. The summed E-state index contributed by atoms with van der Waals surface area (Å²) >= 11 is 0. The van der Waals surface area contributed by atoms with Crippen LogP contribution in [0.15, 0.2) is 71.3 Å². The lowest BCUT2D eigenvalue weighted by molar-refractivity contribution is -0.117. The molecule has 2 aromatic carbocycles. The van der Waals surface area contributed by atoms with Gasteiger partial charge in [0.1, 0.15) is 5.76 Å². The van der Waals surface area contributed by atoms with E-state index < -0.39 is 0 Å². The lowest BCUT2D eigenvalue weighted by Gasteiger charge is -2.16. The quantitative estimate of drug-likeness (QED) is 0.617. The summed E-state index contributed by atoms with van der Waals surface area (Å²) in [5.74, 6) is 0.308. The summed E-state index contributed by atoms with van der Waals surface area (Å²) in [4.78, 5) is 38.6. The summed E-state index contributed by atoms with van der Waals surface area (Å²) in [6.45, 7) is 1.27. The minimum atomic E-state index is -0.235. The summed E-state index contributed by atoms with van der Waals surface area (Å²) in [6, 6.07) is 17.7. The fourth-order valence-electron chi connectivity index (χ4n) is 3.53. The van der Waals surface area contributed by atoms with E-state index in [0.29, 0.717) is 36.4 Å². The Morgan fingerprint density at radius 1 is 0.903 bits per heavy atom. The number of anilines is 1. The fraction of sp³-hybridized carbons (Fsp3) is 0.208. The fourth-order valence-corrected chi connectivity index (χ4v) is 3.53. The zero-order valence-electron chi connectivity index (χ0n) is 17.0. The number of nitrogens with zero attached hydrogens (tertiary/aromatic N) is 1. The predicted octanol–water partition coefficient (Wildman–Crippen LogP) is 3.27. The highest BCUT2D eigenvalue weighted by Crippen LogP contribution is 2.22. The van der Waals surface area contributed by atoms with Crippen LogP contribution >= 0.6 is 0 Å². The molecule has 0 unspecified atom stereocenters. The maximum Gasteiger partial charge on any atom is 0.251 e. The van der Waals surface area contributed by atoms with E-state index in [4.69, 9.17) is 4.42 Å². The van der Waals surface area contributed by atoms with Gasteiger partial charge in [0.2, 0.25) is 5.91 Å². The van der Waals surface area contributed by atoms with Gasteiger partial charge in [-0.25, -0.2) is 0 Å². The summed E-state index contributed by atoms with van der Waals surface area (Å²) in [5, 5.41) is 5.68. The number of carbonyl (C=O) groups excluding carboxylic acids is 3. The molecular formula is C24H23N3O4. The molecule has 0 saturated carbocycles. The first-order chi connectivity index (χ1) is 15.1. The first kappa shape index (κ1) is 20.4. The molecule has 2 N–H and O–H groups in total. The van der Waals surface area contributed by atoms with Gasteiger partial charge in [-0.1, -0.05) is 18.2 Å². The van der Waals surface area contributed by atoms with Crippen LogP contribution in [0.25, 0.3) is 0 Å². The minimum Gasteiger partial charge on any atom is -0.467 e. The van der Waals surface area contributed by atoms with Crippen LogP contribution in [-0.2, 0) is 17.9 Å². The number of hydrogen-bond acceptors (Lipinski definition) is 4. The molecule has 0 spiro atoms. The van der Waals surface area contributed by atoms with Crippen LogP contribution in [0.3, 0.4) is 0 Å². The van der Waals surface area contributed by atoms with Crippen LogP contribution in [0.1, 0.15) is 44.9 Å². The standard InChI is InChI=1S/C24H23N3O4/c28-22-10-3-11-27(22)20-8-2-7-19(14-20)24(30)25-15-17-5-1-6-18(13-17)23(29)26-16-21-9-4-12-31-21/h1-2,4-9,12-14H,3,10-11,15-16H2,(H,25,30)(H,26,29). The number of amides is 3. The molecule has 31 heavy (non-hydrogen) atoms. The van der Waals surface area contributed by atoms with E-state index in [1.54, 1.807) is 59.7 Å². The molecule has 1 aromatic heterocycles. The largest absolute Gasteiger partial charge is 0.467 e. The van der Waals surface area contributed by atoms with Crippen LogP contribution in [0.4, 0.5) is 5.69 Å². The van der Waals surface area contributed by atoms with Gasteiger partial charge in [-0.2, -0.15) is 0 Å². The van der Waals surface area contributed by atoms with Gasteiger partial charge in [0.25, 0.3) is 11.8 Å². The highest BCUT2D eigenvalue weighted by atomic mass is 16.3. The second-order valence-corrected chi connectivity index (χ2v) is 7.34. The third-order valence-corrected chi connectivity index (χ3v) is 5.14. The Hall–Kier alpha value is -3.87. The molecule has 1 aliphatic heterocycles. The molecule has 1 saturated heterocycles. The molecule has 1 aliphatic rings. The number of benzene rings is 2. The number of hydrogen-bond donors (Lipinski definition) is 2. The van der Waals surface area contributed by atoms with E-state index in [1.165, 1.54) is 0 Å². The number of furan rings is 1. The Labute approximate surface area is 180 Å². The summed E-state index contributed by atoms with van der Waals surface area (Å²) < 4.78 is 5.21. The van der Waals surface area contributed by atoms with Gasteiger partial charge in [-0.15, -0.1) is 0 Å². The van der Waals surface area contributed by atoms with Crippen molar-refractivity contribution in [1.82, 2.24) is 10.6 Å². The Balaban J connectivity index is 1.36. The molecule has 0 bridgehead atoms. The topological polar surface area (TPSA) is 91.7 Å². The molecule has 2 heterocycles.